The maximum absolute atomic E-state index is 13.2. The molecule has 0 saturated heterocycles. The van der Waals surface area contributed by atoms with E-state index in [0.717, 1.165) is 12.1 Å². The minimum atomic E-state index is -1.33. The summed E-state index contributed by atoms with van der Waals surface area (Å²) in [7, 11) is 0. The predicted octanol–water partition coefficient (Wildman–Crippen LogP) is 0.594. The van der Waals surface area contributed by atoms with Gasteiger partial charge in [-0.2, -0.15) is 0 Å². The highest BCUT2D eigenvalue weighted by molar-refractivity contribution is 6.40. The van der Waals surface area contributed by atoms with Gasteiger partial charge in [-0.1, -0.05) is 6.07 Å². The van der Waals surface area contributed by atoms with E-state index >= 15 is 0 Å². The third-order valence-corrected chi connectivity index (χ3v) is 3.52. The summed E-state index contributed by atoms with van der Waals surface area (Å²) in [5, 5.41) is 2.40. The van der Waals surface area contributed by atoms with Crippen LogP contribution in [0.3, 0.4) is 0 Å². The fraction of sp³-hybridized carbons (Fsp3) is 0.412. The summed E-state index contributed by atoms with van der Waals surface area (Å²) in [6.07, 6.45) is 0.193. The first kappa shape index (κ1) is 21.4. The molecule has 0 aliphatic heterocycles. The molecule has 1 aromatic carbocycles. The van der Waals surface area contributed by atoms with Crippen LogP contribution in [-0.2, 0) is 20.8 Å². The van der Waals surface area contributed by atoms with E-state index in [2.05, 4.69) is 10.3 Å². The van der Waals surface area contributed by atoms with Gasteiger partial charge in [0.1, 0.15) is 11.3 Å². The van der Waals surface area contributed by atoms with Crippen LogP contribution < -0.4 is 16.8 Å². The summed E-state index contributed by atoms with van der Waals surface area (Å²) in [4.78, 5) is 39.5. The molecule has 0 bridgehead atoms. The lowest BCUT2D eigenvalue weighted by Gasteiger charge is -2.22. The number of aliphatic imine (C=N–C) groups is 1. The predicted molar refractivity (Wildman–Crippen MR) is 92.2 cm³/mol. The normalized spacial score (nSPS) is 12.0. The fourth-order valence-corrected chi connectivity index (χ4v) is 1.92. The SMILES string of the molecule is CC(C)(NC(=O)/C(CCCN)=N/C(=O)Cc1ccc(F)c(F)c1)C(N)=O. The Morgan fingerprint density at radius 3 is 2.38 bits per heavy atom. The van der Waals surface area contributed by atoms with Crippen molar-refractivity contribution in [2.24, 2.45) is 16.5 Å². The Kier molecular flexibility index (Phi) is 7.51. The minimum Gasteiger partial charge on any atom is -0.368 e. The molecular weight excluding hydrogens is 346 g/mol. The number of benzene rings is 1. The molecule has 5 N–H and O–H groups in total. The molecule has 0 fully saturated rings. The lowest BCUT2D eigenvalue weighted by Crippen LogP contribution is -2.54. The van der Waals surface area contributed by atoms with Gasteiger partial charge in [-0.25, -0.2) is 13.8 Å². The molecule has 1 rings (SSSR count). The molecule has 1 aromatic rings. The van der Waals surface area contributed by atoms with E-state index < -0.39 is 34.9 Å². The molecule has 142 valence electrons. The number of primary amides is 1. The second-order valence-corrected chi connectivity index (χ2v) is 6.21. The second kappa shape index (κ2) is 9.14. The molecule has 0 aromatic heterocycles. The number of hydrogen-bond acceptors (Lipinski definition) is 4. The van der Waals surface area contributed by atoms with Gasteiger partial charge in [-0.15, -0.1) is 0 Å². The number of hydrogen-bond donors (Lipinski definition) is 3. The molecule has 7 nitrogen and oxygen atoms in total. The molecule has 0 radical (unpaired) electrons. The van der Waals surface area contributed by atoms with Crippen LogP contribution in [0.1, 0.15) is 32.3 Å². The van der Waals surface area contributed by atoms with Crippen molar-refractivity contribution in [2.75, 3.05) is 6.54 Å². The van der Waals surface area contributed by atoms with Crippen LogP contribution in [0.5, 0.6) is 0 Å². The van der Waals surface area contributed by atoms with Gasteiger partial charge < -0.3 is 16.8 Å². The first-order valence-electron chi connectivity index (χ1n) is 7.93. The number of rotatable bonds is 8. The Morgan fingerprint density at radius 1 is 1.19 bits per heavy atom. The van der Waals surface area contributed by atoms with Crippen LogP contribution in [0.4, 0.5) is 8.78 Å². The van der Waals surface area contributed by atoms with Crippen LogP contribution in [0.2, 0.25) is 0 Å². The van der Waals surface area contributed by atoms with Gasteiger partial charge in [0.25, 0.3) is 11.8 Å². The molecule has 0 aliphatic carbocycles. The molecule has 26 heavy (non-hydrogen) atoms. The zero-order valence-corrected chi connectivity index (χ0v) is 14.6. The summed E-state index contributed by atoms with van der Waals surface area (Å²) < 4.78 is 26.1. The van der Waals surface area contributed by atoms with Gasteiger partial charge >= 0.3 is 0 Å². The molecule has 0 unspecified atom stereocenters. The summed E-state index contributed by atoms with van der Waals surface area (Å²) in [5.74, 6) is -4.29. The van der Waals surface area contributed by atoms with E-state index in [1.807, 2.05) is 0 Å². The smallest absolute Gasteiger partial charge is 0.266 e. The van der Waals surface area contributed by atoms with Crippen molar-refractivity contribution in [3.05, 3.63) is 35.4 Å². The Balaban J connectivity index is 2.95. The molecular formula is C17H22F2N4O3. The van der Waals surface area contributed by atoms with Crippen LogP contribution in [0.25, 0.3) is 0 Å². The van der Waals surface area contributed by atoms with Crippen LogP contribution in [0.15, 0.2) is 23.2 Å². The number of amides is 3. The van der Waals surface area contributed by atoms with Crippen molar-refractivity contribution in [1.82, 2.24) is 5.32 Å². The van der Waals surface area contributed by atoms with Crippen LogP contribution >= 0.6 is 0 Å². The molecule has 0 atom stereocenters. The zero-order chi connectivity index (χ0) is 19.9. The summed E-state index contributed by atoms with van der Waals surface area (Å²) in [6, 6.07) is 3.04. The molecule has 0 spiro atoms. The van der Waals surface area contributed by atoms with Crippen LogP contribution in [0, 0.1) is 11.6 Å². The van der Waals surface area contributed by atoms with Crippen molar-refractivity contribution in [2.45, 2.75) is 38.6 Å². The average Bonchev–Trinajstić information content (AvgIpc) is 2.54. The Morgan fingerprint density at radius 2 is 1.85 bits per heavy atom. The van der Waals surface area contributed by atoms with Crippen LogP contribution in [-0.4, -0.2) is 35.5 Å². The highest BCUT2D eigenvalue weighted by atomic mass is 19.2. The van der Waals surface area contributed by atoms with Crippen molar-refractivity contribution in [3.63, 3.8) is 0 Å². The van der Waals surface area contributed by atoms with E-state index in [9.17, 15) is 23.2 Å². The number of carbonyl (C=O) groups excluding carboxylic acids is 3. The number of nitrogens with zero attached hydrogens (tertiary/aromatic N) is 1. The van der Waals surface area contributed by atoms with Gasteiger partial charge in [0.15, 0.2) is 11.6 Å². The van der Waals surface area contributed by atoms with Gasteiger partial charge in [0, 0.05) is 0 Å². The third kappa shape index (κ3) is 6.32. The maximum Gasteiger partial charge on any atom is 0.266 e. The number of nitrogens with two attached hydrogens (primary N) is 2. The molecule has 0 heterocycles. The lowest BCUT2D eigenvalue weighted by atomic mass is 10.0. The topological polar surface area (TPSA) is 128 Å². The number of halogens is 2. The Hall–Kier alpha value is -2.68. The van der Waals surface area contributed by atoms with Gasteiger partial charge in [-0.05, 0) is 50.9 Å². The lowest BCUT2D eigenvalue weighted by molar-refractivity contribution is -0.127. The molecule has 9 heteroatoms. The summed E-state index contributed by atoms with van der Waals surface area (Å²) in [5.41, 5.74) is 9.39. The summed E-state index contributed by atoms with van der Waals surface area (Å²) in [6.45, 7) is 3.09. The first-order chi connectivity index (χ1) is 12.1. The largest absolute Gasteiger partial charge is 0.368 e. The van der Waals surface area contributed by atoms with E-state index in [4.69, 9.17) is 11.5 Å². The quantitative estimate of drug-likeness (QED) is 0.580. The Bertz CT molecular complexity index is 733. The highest BCUT2D eigenvalue weighted by Gasteiger charge is 2.28. The molecule has 3 amide bonds. The van der Waals surface area contributed by atoms with Crippen molar-refractivity contribution in [3.8, 4) is 0 Å². The zero-order valence-electron chi connectivity index (χ0n) is 14.6. The fourth-order valence-electron chi connectivity index (χ4n) is 1.92. The number of carbonyl (C=O) groups is 3. The monoisotopic (exact) mass is 368 g/mol. The van der Waals surface area contributed by atoms with Gasteiger partial charge in [-0.3, -0.25) is 14.4 Å². The van der Waals surface area contributed by atoms with E-state index in [1.54, 1.807) is 0 Å². The van der Waals surface area contributed by atoms with Gasteiger partial charge in [0.05, 0.1) is 6.42 Å². The van der Waals surface area contributed by atoms with E-state index in [1.165, 1.54) is 19.9 Å². The van der Waals surface area contributed by atoms with E-state index in [-0.39, 0.29) is 30.7 Å². The second-order valence-electron chi connectivity index (χ2n) is 6.21. The molecule has 0 saturated carbocycles. The minimum absolute atomic E-state index is 0.112. The van der Waals surface area contributed by atoms with Crippen molar-refractivity contribution in [1.29, 1.82) is 0 Å². The third-order valence-electron chi connectivity index (χ3n) is 3.52. The first-order valence-corrected chi connectivity index (χ1v) is 7.93. The summed E-state index contributed by atoms with van der Waals surface area (Å²) >= 11 is 0. The number of nitrogens with one attached hydrogen (secondary N) is 1. The maximum atomic E-state index is 13.2. The standard InChI is InChI=1S/C17H22F2N4O3/c1-17(2,16(21)26)23-15(25)13(4-3-7-20)22-14(24)9-10-5-6-11(18)12(19)8-10/h5-6,8H,3-4,7,9,20H2,1-2H3,(H2,21,26)(H,23,25)/b22-13+. The van der Waals surface area contributed by atoms with Crippen molar-refractivity contribution < 1.29 is 23.2 Å². The Labute approximate surface area is 149 Å². The van der Waals surface area contributed by atoms with Crippen molar-refractivity contribution >= 4 is 23.4 Å². The molecule has 0 aliphatic rings. The van der Waals surface area contributed by atoms with Gasteiger partial charge in [0.2, 0.25) is 5.91 Å². The van der Waals surface area contributed by atoms with E-state index in [0.29, 0.717) is 6.42 Å². The highest BCUT2D eigenvalue weighted by Crippen LogP contribution is 2.10. The average molecular weight is 368 g/mol.